The van der Waals surface area contributed by atoms with E-state index in [2.05, 4.69) is 42.7 Å². The Morgan fingerprint density at radius 1 is 1.11 bits per heavy atom. The van der Waals surface area contributed by atoms with Gasteiger partial charge in [-0.15, -0.1) is 0 Å². The maximum Gasteiger partial charge on any atom is 0.397 e. The Bertz CT molecular complexity index is 1190. The fourth-order valence-corrected chi connectivity index (χ4v) is 4.79. The second-order valence-corrected chi connectivity index (χ2v) is 10.5. The fourth-order valence-electron chi connectivity index (χ4n) is 4.79. The van der Waals surface area contributed by atoms with Crippen molar-refractivity contribution in [3.63, 3.8) is 0 Å². The smallest absolute Gasteiger partial charge is 0.397 e. The molecule has 1 aromatic heterocycles. The van der Waals surface area contributed by atoms with Crippen LogP contribution >= 0.6 is 0 Å². The van der Waals surface area contributed by atoms with Crippen LogP contribution in [0.25, 0.3) is 11.3 Å². The molecular weight excluding hydrogens is 467 g/mol. The van der Waals surface area contributed by atoms with Crippen LogP contribution in [0.15, 0.2) is 66.9 Å². The summed E-state index contributed by atoms with van der Waals surface area (Å²) in [7, 11) is 1.99. The van der Waals surface area contributed by atoms with Crippen LogP contribution in [-0.4, -0.2) is 60.8 Å². The Balaban J connectivity index is 1.79. The highest BCUT2D eigenvalue weighted by atomic mass is 16.5. The van der Waals surface area contributed by atoms with Gasteiger partial charge in [0.2, 0.25) is 0 Å². The van der Waals surface area contributed by atoms with Crippen molar-refractivity contribution in [1.29, 1.82) is 0 Å². The Kier molecular flexibility index (Phi) is 8.46. The average molecular weight is 502 g/mol. The molecule has 2 atom stereocenters. The van der Waals surface area contributed by atoms with Gasteiger partial charge in [-0.1, -0.05) is 81.4 Å². The summed E-state index contributed by atoms with van der Waals surface area (Å²) in [5, 5.41) is 3.20. The van der Waals surface area contributed by atoms with Gasteiger partial charge in [-0.05, 0) is 17.5 Å². The third-order valence-corrected chi connectivity index (χ3v) is 6.47. The van der Waals surface area contributed by atoms with Crippen molar-refractivity contribution in [3.05, 3.63) is 78.2 Å². The van der Waals surface area contributed by atoms with Gasteiger partial charge in [-0.2, -0.15) is 0 Å². The van der Waals surface area contributed by atoms with Crippen molar-refractivity contribution in [2.24, 2.45) is 11.3 Å². The molecule has 2 aromatic carbocycles. The molecule has 0 aliphatic carbocycles. The molecule has 1 amide bonds. The first-order valence-corrected chi connectivity index (χ1v) is 12.6. The summed E-state index contributed by atoms with van der Waals surface area (Å²) in [6.45, 7) is 7.89. The van der Waals surface area contributed by atoms with E-state index in [1.54, 1.807) is 12.0 Å². The molecule has 1 aliphatic heterocycles. The summed E-state index contributed by atoms with van der Waals surface area (Å²) in [5.74, 6) is -0.805. The first-order valence-electron chi connectivity index (χ1n) is 12.6. The van der Waals surface area contributed by atoms with Crippen LogP contribution in [0.4, 0.5) is 0 Å². The summed E-state index contributed by atoms with van der Waals surface area (Å²) in [6.07, 6.45) is 2.04. The summed E-state index contributed by atoms with van der Waals surface area (Å²) in [5.41, 5.74) is 2.52. The van der Waals surface area contributed by atoms with Gasteiger partial charge in [0.25, 0.3) is 0 Å². The molecule has 1 aliphatic rings. The summed E-state index contributed by atoms with van der Waals surface area (Å²) >= 11 is 0. The van der Waals surface area contributed by atoms with Gasteiger partial charge < -0.3 is 24.1 Å². The molecule has 1 N–H and O–H groups in total. The lowest BCUT2D eigenvalue weighted by molar-refractivity contribution is -0.160. The highest BCUT2D eigenvalue weighted by Crippen LogP contribution is 2.40. The topological polar surface area (TPSA) is 85.7 Å². The number of aromatic nitrogens is 2. The number of hydrogen-bond acceptors (Lipinski definition) is 6. The van der Waals surface area contributed by atoms with Crippen LogP contribution < -0.4 is 5.23 Å². The van der Waals surface area contributed by atoms with Crippen molar-refractivity contribution in [2.45, 2.75) is 33.4 Å². The van der Waals surface area contributed by atoms with Crippen LogP contribution in [0.1, 0.15) is 38.2 Å². The number of carbonyl (C=O) groups excluding carboxylic acids is 2. The molecule has 0 bridgehead atoms. The fraction of sp³-hybridized carbons (Fsp3) is 0.393. The van der Waals surface area contributed by atoms with Crippen molar-refractivity contribution in [1.82, 2.24) is 19.7 Å². The molecule has 3 aromatic rings. The van der Waals surface area contributed by atoms with Gasteiger partial charge in [0.1, 0.15) is 5.82 Å². The molecule has 0 spiro atoms. The zero-order valence-corrected chi connectivity index (χ0v) is 22.0. The number of nitrogens with zero attached hydrogens (tertiary/aromatic N) is 3. The Labute approximate surface area is 219 Å². The van der Waals surface area contributed by atoms with E-state index in [9.17, 15) is 9.59 Å². The van der Waals surface area contributed by atoms with E-state index < -0.39 is 23.3 Å². The van der Waals surface area contributed by atoms with Gasteiger partial charge >= 0.3 is 19.5 Å². The van der Waals surface area contributed by atoms with Crippen LogP contribution in [0, 0.1) is 11.3 Å². The van der Waals surface area contributed by atoms with Crippen LogP contribution in [-0.2, 0) is 25.5 Å². The molecule has 1 saturated heterocycles. The number of ether oxygens (including phenoxy) is 1. The van der Waals surface area contributed by atoms with E-state index in [4.69, 9.17) is 14.4 Å². The van der Waals surface area contributed by atoms with Crippen LogP contribution in [0.2, 0.25) is 0 Å². The van der Waals surface area contributed by atoms with E-state index in [0.717, 1.165) is 22.6 Å². The van der Waals surface area contributed by atoms with Gasteiger partial charge in [-0.25, -0.2) is 9.78 Å². The number of carbonyl (C=O) groups is 2. The van der Waals surface area contributed by atoms with Gasteiger partial charge in [0.05, 0.1) is 18.3 Å². The zero-order valence-electron chi connectivity index (χ0n) is 22.0. The number of esters is 1. The summed E-state index contributed by atoms with van der Waals surface area (Å²) in [6, 6.07) is 19.7. The molecule has 194 valence electrons. The van der Waals surface area contributed by atoms with Crippen LogP contribution in [0.3, 0.4) is 0 Å². The van der Waals surface area contributed by atoms with E-state index in [1.807, 2.05) is 54.7 Å². The number of benzene rings is 2. The highest BCUT2D eigenvalue weighted by molar-refractivity contribution is 6.32. The highest BCUT2D eigenvalue weighted by Gasteiger charge is 2.43. The molecule has 1 fully saturated rings. The molecule has 37 heavy (non-hydrogen) atoms. The first-order chi connectivity index (χ1) is 17.8. The predicted octanol–water partition coefficient (Wildman–Crippen LogP) is 3.19. The minimum absolute atomic E-state index is 0.0819. The summed E-state index contributed by atoms with van der Waals surface area (Å²) < 4.78 is 12.6. The normalized spacial score (nSPS) is 17.3. The Hall–Kier alpha value is -3.43. The molecule has 0 saturated carbocycles. The number of nitrogens with one attached hydrogen (secondary N) is 1. The van der Waals surface area contributed by atoms with Crippen molar-refractivity contribution in [2.75, 3.05) is 26.8 Å². The molecule has 2 heterocycles. The van der Waals surface area contributed by atoms with Crippen LogP contribution in [0.5, 0.6) is 0 Å². The Morgan fingerprint density at radius 2 is 1.78 bits per heavy atom. The van der Waals surface area contributed by atoms with Crippen molar-refractivity contribution >= 4 is 19.5 Å². The lowest BCUT2D eigenvalue weighted by Gasteiger charge is -2.39. The van der Waals surface area contributed by atoms with Gasteiger partial charge in [-0.3, -0.25) is 4.79 Å². The SMILES string of the molecule is COBNCC1COC(=O)C(=O)N([C@@H](c2nc(-c3ccccc3)cn2Cc2ccccc2)C(C)(C)C)C1. The Morgan fingerprint density at radius 3 is 2.43 bits per heavy atom. The van der Waals surface area contributed by atoms with E-state index in [1.165, 1.54) is 0 Å². The molecule has 8 nitrogen and oxygen atoms in total. The summed E-state index contributed by atoms with van der Waals surface area (Å²) in [4.78, 5) is 32.8. The van der Waals surface area contributed by atoms with Crippen molar-refractivity contribution in [3.8, 4) is 11.3 Å². The zero-order chi connectivity index (χ0) is 26.4. The number of hydrogen-bond donors (Lipinski definition) is 1. The van der Waals surface area contributed by atoms with E-state index >= 15 is 0 Å². The molecule has 4 rings (SSSR count). The quantitative estimate of drug-likeness (QED) is 0.209. The van der Waals surface area contributed by atoms with E-state index in [-0.39, 0.29) is 12.5 Å². The van der Waals surface area contributed by atoms with Gasteiger partial charge in [0.15, 0.2) is 0 Å². The number of rotatable bonds is 9. The average Bonchev–Trinajstić information content (AvgIpc) is 3.23. The second-order valence-electron chi connectivity index (χ2n) is 10.5. The van der Waals surface area contributed by atoms with Crippen molar-refractivity contribution < 1.29 is 19.0 Å². The van der Waals surface area contributed by atoms with E-state index in [0.29, 0.717) is 27.3 Å². The van der Waals surface area contributed by atoms with Gasteiger partial charge in [0, 0.05) is 37.9 Å². The number of amides is 1. The minimum Gasteiger partial charge on any atom is -0.458 e. The molecular formula is C28H35BN4O4. The second kappa shape index (κ2) is 11.7. The molecule has 1 unspecified atom stereocenters. The predicted molar refractivity (Wildman–Crippen MR) is 144 cm³/mol. The first kappa shape index (κ1) is 26.6. The maximum atomic E-state index is 13.4. The third kappa shape index (κ3) is 6.48. The largest absolute Gasteiger partial charge is 0.458 e. The molecule has 9 heteroatoms. The number of cyclic esters (lactones) is 1. The molecule has 0 radical (unpaired) electrons. The third-order valence-electron chi connectivity index (χ3n) is 6.47. The standard InChI is InChI=1S/C28H35BN4O4/c1-28(2,3)24(33-17-21(15-30-29-36-4)19-37-27(35)26(33)34)25-31-23(22-13-9-6-10-14-22)18-32(25)16-20-11-7-5-8-12-20/h5-14,18,21,24,29-30H,15-17,19H2,1-4H3/t21?,24-/m0/s1. The maximum absolute atomic E-state index is 13.4. The monoisotopic (exact) mass is 502 g/mol. The number of imidazole rings is 1. The lowest BCUT2D eigenvalue weighted by Crippen LogP contribution is -2.47. The lowest BCUT2D eigenvalue weighted by atomic mass is 9.84. The minimum atomic E-state index is -0.826.